The number of halogens is 1. The second kappa shape index (κ2) is 6.67. The van der Waals surface area contributed by atoms with E-state index in [9.17, 15) is 14.9 Å². The van der Waals surface area contributed by atoms with E-state index in [0.29, 0.717) is 13.1 Å². The van der Waals surface area contributed by atoms with Gasteiger partial charge in [-0.1, -0.05) is 12.1 Å². The van der Waals surface area contributed by atoms with Crippen LogP contribution < -0.4 is 5.73 Å². The van der Waals surface area contributed by atoms with Crippen molar-refractivity contribution in [2.75, 3.05) is 13.1 Å². The lowest BCUT2D eigenvalue weighted by Gasteiger charge is -2.21. The van der Waals surface area contributed by atoms with Crippen molar-refractivity contribution >= 4 is 24.0 Å². The molecule has 2 atom stereocenters. The van der Waals surface area contributed by atoms with Crippen molar-refractivity contribution in [3.63, 3.8) is 0 Å². The minimum atomic E-state index is -0.519. The van der Waals surface area contributed by atoms with Gasteiger partial charge in [0.2, 0.25) is 0 Å². The first-order valence-corrected chi connectivity index (χ1v) is 6.29. The van der Waals surface area contributed by atoms with Crippen LogP contribution in [0.3, 0.4) is 0 Å². The van der Waals surface area contributed by atoms with Gasteiger partial charge >= 0.3 is 0 Å². The molecule has 1 amide bonds. The van der Waals surface area contributed by atoms with Crippen LogP contribution in [0.5, 0.6) is 0 Å². The van der Waals surface area contributed by atoms with Crippen LogP contribution in [-0.2, 0) is 0 Å². The number of rotatable bonds is 3. The molecule has 1 aliphatic heterocycles. The first-order valence-electron chi connectivity index (χ1n) is 6.29. The summed E-state index contributed by atoms with van der Waals surface area (Å²) in [6.07, 6.45) is 0.850. The van der Waals surface area contributed by atoms with E-state index in [1.807, 2.05) is 6.92 Å². The molecule has 1 fully saturated rings. The van der Waals surface area contributed by atoms with Gasteiger partial charge in [-0.05, 0) is 31.9 Å². The Morgan fingerprint density at radius 2 is 2.15 bits per heavy atom. The molecular weight excluding hydrogens is 282 g/mol. The summed E-state index contributed by atoms with van der Waals surface area (Å²) in [7, 11) is 0. The van der Waals surface area contributed by atoms with E-state index in [-0.39, 0.29) is 41.5 Å². The van der Waals surface area contributed by atoms with E-state index in [1.165, 1.54) is 12.1 Å². The second-order valence-electron chi connectivity index (χ2n) is 4.92. The molecule has 2 unspecified atom stereocenters. The molecule has 2 rings (SSSR count). The highest BCUT2D eigenvalue weighted by Gasteiger charge is 2.34. The molecule has 0 saturated carbocycles. The standard InChI is InChI=1S/C13H17N3O3.ClH/c1-9-6-10(7-14)8-15(9)13(17)11-4-2-3-5-12(11)16(18)19;/h2-5,9-10H,6-8,14H2,1H3;1H. The van der Waals surface area contributed by atoms with Gasteiger partial charge in [-0.3, -0.25) is 14.9 Å². The van der Waals surface area contributed by atoms with E-state index in [0.717, 1.165) is 6.42 Å². The Hall–Kier alpha value is -1.66. The third-order valence-corrected chi connectivity index (χ3v) is 3.59. The highest BCUT2D eigenvalue weighted by Crippen LogP contribution is 2.27. The summed E-state index contributed by atoms with van der Waals surface area (Å²) < 4.78 is 0. The summed E-state index contributed by atoms with van der Waals surface area (Å²) in [6, 6.07) is 6.13. The lowest BCUT2D eigenvalue weighted by molar-refractivity contribution is -0.385. The van der Waals surface area contributed by atoms with Crippen molar-refractivity contribution in [2.24, 2.45) is 11.7 Å². The van der Waals surface area contributed by atoms with Crippen LogP contribution in [-0.4, -0.2) is 34.9 Å². The predicted molar refractivity (Wildman–Crippen MR) is 78.0 cm³/mol. The second-order valence-corrected chi connectivity index (χ2v) is 4.92. The lowest BCUT2D eigenvalue weighted by Crippen LogP contribution is -2.34. The third-order valence-electron chi connectivity index (χ3n) is 3.59. The van der Waals surface area contributed by atoms with Gasteiger partial charge in [0.05, 0.1) is 4.92 Å². The highest BCUT2D eigenvalue weighted by atomic mass is 35.5. The van der Waals surface area contributed by atoms with Crippen LogP contribution in [0.2, 0.25) is 0 Å². The minimum absolute atomic E-state index is 0. The van der Waals surface area contributed by atoms with E-state index >= 15 is 0 Å². The average molecular weight is 300 g/mol. The van der Waals surface area contributed by atoms with Gasteiger partial charge in [0.15, 0.2) is 0 Å². The van der Waals surface area contributed by atoms with E-state index in [4.69, 9.17) is 5.73 Å². The Labute approximate surface area is 123 Å². The molecule has 0 aromatic heterocycles. The number of para-hydroxylation sites is 1. The zero-order valence-electron chi connectivity index (χ0n) is 11.2. The summed E-state index contributed by atoms with van der Waals surface area (Å²) in [5.41, 5.74) is 5.64. The minimum Gasteiger partial charge on any atom is -0.335 e. The van der Waals surface area contributed by atoms with Crippen molar-refractivity contribution in [1.82, 2.24) is 4.90 Å². The number of nitrogens with two attached hydrogens (primary N) is 1. The van der Waals surface area contributed by atoms with Crippen LogP contribution in [0.15, 0.2) is 24.3 Å². The molecule has 1 saturated heterocycles. The summed E-state index contributed by atoms with van der Waals surface area (Å²) in [5, 5.41) is 11.0. The smallest absolute Gasteiger partial charge is 0.282 e. The third kappa shape index (κ3) is 3.08. The van der Waals surface area contributed by atoms with E-state index < -0.39 is 4.92 Å². The fraction of sp³-hybridized carbons (Fsp3) is 0.462. The number of hydrogen-bond acceptors (Lipinski definition) is 4. The predicted octanol–water partition coefficient (Wildman–Crippen LogP) is 1.83. The molecule has 20 heavy (non-hydrogen) atoms. The molecule has 0 bridgehead atoms. The lowest BCUT2D eigenvalue weighted by atomic mass is 10.1. The van der Waals surface area contributed by atoms with Crippen molar-refractivity contribution in [3.05, 3.63) is 39.9 Å². The van der Waals surface area contributed by atoms with Crippen molar-refractivity contribution in [2.45, 2.75) is 19.4 Å². The van der Waals surface area contributed by atoms with Crippen LogP contribution >= 0.6 is 12.4 Å². The van der Waals surface area contributed by atoms with Crippen LogP contribution in [0.25, 0.3) is 0 Å². The number of benzene rings is 1. The molecule has 1 aliphatic rings. The van der Waals surface area contributed by atoms with Crippen molar-refractivity contribution < 1.29 is 9.72 Å². The molecule has 0 spiro atoms. The number of amides is 1. The Balaban J connectivity index is 0.00000200. The number of hydrogen-bond donors (Lipinski definition) is 1. The largest absolute Gasteiger partial charge is 0.335 e. The van der Waals surface area contributed by atoms with Crippen molar-refractivity contribution in [1.29, 1.82) is 0 Å². The summed E-state index contributed by atoms with van der Waals surface area (Å²) in [4.78, 5) is 24.5. The maximum Gasteiger partial charge on any atom is 0.282 e. The number of likely N-dealkylation sites (tertiary alicyclic amines) is 1. The van der Waals surface area contributed by atoms with Gasteiger partial charge in [0.25, 0.3) is 11.6 Å². The molecule has 0 radical (unpaired) electrons. The zero-order chi connectivity index (χ0) is 14.0. The Kier molecular flexibility index (Phi) is 5.47. The maximum absolute atomic E-state index is 12.4. The van der Waals surface area contributed by atoms with Gasteiger partial charge in [0, 0.05) is 18.7 Å². The first-order chi connectivity index (χ1) is 9.04. The fourth-order valence-electron chi connectivity index (χ4n) is 2.56. The highest BCUT2D eigenvalue weighted by molar-refractivity contribution is 5.98. The van der Waals surface area contributed by atoms with Crippen LogP contribution in [0.1, 0.15) is 23.7 Å². The Bertz CT molecular complexity index is 509. The van der Waals surface area contributed by atoms with Gasteiger partial charge in [-0.25, -0.2) is 0 Å². The number of carbonyl (C=O) groups excluding carboxylic acids is 1. The van der Waals surface area contributed by atoms with Gasteiger partial charge in [0.1, 0.15) is 5.56 Å². The monoisotopic (exact) mass is 299 g/mol. The topological polar surface area (TPSA) is 89.5 Å². The molecule has 7 heteroatoms. The SMILES string of the molecule is CC1CC(CN)CN1C(=O)c1ccccc1[N+](=O)[O-].Cl. The van der Waals surface area contributed by atoms with E-state index in [1.54, 1.807) is 17.0 Å². The first kappa shape index (κ1) is 16.4. The summed E-state index contributed by atoms with van der Waals surface area (Å²) in [5.74, 6) is -0.00234. The molecule has 1 heterocycles. The van der Waals surface area contributed by atoms with Gasteiger partial charge in [-0.2, -0.15) is 0 Å². The number of nitro benzene ring substituents is 1. The number of carbonyl (C=O) groups is 1. The quantitative estimate of drug-likeness (QED) is 0.681. The molecule has 2 N–H and O–H groups in total. The Morgan fingerprint density at radius 1 is 1.50 bits per heavy atom. The van der Waals surface area contributed by atoms with Crippen LogP contribution in [0.4, 0.5) is 5.69 Å². The maximum atomic E-state index is 12.4. The average Bonchev–Trinajstić information content (AvgIpc) is 2.79. The zero-order valence-corrected chi connectivity index (χ0v) is 12.0. The fourth-order valence-corrected chi connectivity index (χ4v) is 2.56. The van der Waals surface area contributed by atoms with Gasteiger partial charge in [-0.15, -0.1) is 12.4 Å². The molecule has 1 aromatic rings. The Morgan fingerprint density at radius 3 is 2.70 bits per heavy atom. The summed E-state index contributed by atoms with van der Waals surface area (Å²) >= 11 is 0. The normalized spacial score (nSPS) is 21.4. The number of nitrogens with zero attached hydrogens (tertiary/aromatic N) is 2. The van der Waals surface area contributed by atoms with Gasteiger partial charge < -0.3 is 10.6 Å². The molecule has 1 aromatic carbocycles. The molecule has 110 valence electrons. The molecule has 0 aliphatic carbocycles. The van der Waals surface area contributed by atoms with E-state index in [2.05, 4.69) is 0 Å². The molecular formula is C13H18ClN3O3. The summed E-state index contributed by atoms with van der Waals surface area (Å²) in [6.45, 7) is 3.05. The van der Waals surface area contributed by atoms with Crippen LogP contribution in [0, 0.1) is 16.0 Å². The molecule has 6 nitrogen and oxygen atoms in total. The van der Waals surface area contributed by atoms with Crippen molar-refractivity contribution in [3.8, 4) is 0 Å². The number of nitro groups is 1.